The van der Waals surface area contributed by atoms with Crippen molar-refractivity contribution in [3.05, 3.63) is 17.8 Å². The summed E-state index contributed by atoms with van der Waals surface area (Å²) in [6.07, 6.45) is 3.89. The van der Waals surface area contributed by atoms with Gasteiger partial charge in [-0.25, -0.2) is 0 Å². The minimum absolute atomic E-state index is 0.414. The third kappa shape index (κ3) is 2.53. The molecule has 0 bridgehead atoms. The molecule has 0 spiro atoms. The summed E-state index contributed by atoms with van der Waals surface area (Å²) in [4.78, 5) is 4.40. The zero-order valence-corrected chi connectivity index (χ0v) is 10.3. The molecule has 0 saturated carbocycles. The topological polar surface area (TPSA) is 56.1 Å². The maximum absolute atomic E-state index is 9.06. The van der Waals surface area contributed by atoms with Crippen LogP contribution >= 0.6 is 0 Å². The smallest absolute Gasteiger partial charge is 0.169 e. The summed E-state index contributed by atoms with van der Waals surface area (Å²) >= 11 is 0. The van der Waals surface area contributed by atoms with E-state index in [1.54, 1.807) is 12.3 Å². The first kappa shape index (κ1) is 11.8. The van der Waals surface area contributed by atoms with E-state index in [9.17, 15) is 0 Å². The minimum atomic E-state index is 0.414. The van der Waals surface area contributed by atoms with Gasteiger partial charge in [0.25, 0.3) is 0 Å². The zero-order valence-electron chi connectivity index (χ0n) is 10.3. The van der Waals surface area contributed by atoms with Crippen LogP contribution in [0.5, 0.6) is 0 Å². The predicted octanol–water partition coefficient (Wildman–Crippen LogP) is 0.879. The molecule has 5 heteroatoms. The molecule has 1 atom stereocenters. The minimum Gasteiger partial charge on any atom is -0.353 e. The molecule has 2 heterocycles. The van der Waals surface area contributed by atoms with Crippen LogP contribution in [0.15, 0.2) is 12.3 Å². The molecule has 5 nitrogen and oxygen atoms in total. The van der Waals surface area contributed by atoms with Crippen LogP contribution in [0.3, 0.4) is 0 Å². The molecule has 90 valence electrons. The number of likely N-dealkylation sites (N-methyl/N-ethyl adjacent to an activating group) is 2. The van der Waals surface area contributed by atoms with E-state index in [4.69, 9.17) is 5.26 Å². The Morgan fingerprint density at radius 2 is 2.41 bits per heavy atom. The van der Waals surface area contributed by atoms with Crippen LogP contribution in [0.4, 0.5) is 5.82 Å². The van der Waals surface area contributed by atoms with E-state index in [0.29, 0.717) is 17.4 Å². The molecule has 0 aliphatic carbocycles. The molecule has 0 radical (unpaired) electrons. The van der Waals surface area contributed by atoms with Crippen molar-refractivity contribution in [3.8, 4) is 6.07 Å². The molecule has 1 aliphatic rings. The lowest BCUT2D eigenvalue weighted by Gasteiger charge is -2.36. The Morgan fingerprint density at radius 3 is 3.12 bits per heavy atom. The summed E-state index contributed by atoms with van der Waals surface area (Å²) in [6, 6.07) is 4.30. The van der Waals surface area contributed by atoms with Gasteiger partial charge in [0.15, 0.2) is 5.82 Å². The number of likely N-dealkylation sites (tertiary alicyclic amines) is 1. The molecular weight excluding hydrogens is 214 g/mol. The molecule has 0 amide bonds. The third-order valence-corrected chi connectivity index (χ3v) is 3.30. The first-order valence-electron chi connectivity index (χ1n) is 5.85. The van der Waals surface area contributed by atoms with Gasteiger partial charge in [-0.05, 0) is 32.5 Å². The maximum Gasteiger partial charge on any atom is 0.169 e. The average molecular weight is 231 g/mol. The lowest BCUT2D eigenvalue weighted by atomic mass is 10.0. The second kappa shape index (κ2) is 5.11. The molecule has 0 aromatic carbocycles. The van der Waals surface area contributed by atoms with Crippen molar-refractivity contribution in [2.45, 2.75) is 18.9 Å². The fourth-order valence-corrected chi connectivity index (χ4v) is 2.30. The van der Waals surface area contributed by atoms with Gasteiger partial charge >= 0.3 is 0 Å². The summed E-state index contributed by atoms with van der Waals surface area (Å²) < 4.78 is 0. The number of rotatable bonds is 2. The number of hydrogen-bond acceptors (Lipinski definition) is 5. The van der Waals surface area contributed by atoms with Crippen molar-refractivity contribution < 1.29 is 0 Å². The molecule has 1 saturated heterocycles. The van der Waals surface area contributed by atoms with Crippen molar-refractivity contribution in [3.63, 3.8) is 0 Å². The molecule has 1 aromatic rings. The van der Waals surface area contributed by atoms with Crippen LogP contribution in [0.1, 0.15) is 18.4 Å². The SMILES string of the molecule is CN1CCCC(N(C)c2nnccc2C#N)C1. The molecule has 17 heavy (non-hydrogen) atoms. The Morgan fingerprint density at radius 1 is 1.59 bits per heavy atom. The zero-order chi connectivity index (χ0) is 12.3. The van der Waals surface area contributed by atoms with Gasteiger partial charge in [0, 0.05) is 19.6 Å². The van der Waals surface area contributed by atoms with E-state index in [1.807, 2.05) is 7.05 Å². The van der Waals surface area contributed by atoms with Crippen molar-refractivity contribution >= 4 is 5.82 Å². The van der Waals surface area contributed by atoms with E-state index in [1.165, 1.54) is 6.42 Å². The number of piperidine rings is 1. The van der Waals surface area contributed by atoms with Crippen molar-refractivity contribution in [2.24, 2.45) is 0 Å². The number of nitrogens with zero attached hydrogens (tertiary/aromatic N) is 5. The first-order chi connectivity index (χ1) is 8.22. The number of nitriles is 1. The second-order valence-corrected chi connectivity index (χ2v) is 4.55. The fraction of sp³-hybridized carbons (Fsp3) is 0.583. The van der Waals surface area contributed by atoms with Crippen molar-refractivity contribution in [2.75, 3.05) is 32.1 Å². The number of aromatic nitrogens is 2. The van der Waals surface area contributed by atoms with Gasteiger partial charge in [-0.3, -0.25) is 0 Å². The van der Waals surface area contributed by atoms with Gasteiger partial charge < -0.3 is 9.80 Å². The average Bonchev–Trinajstić information content (AvgIpc) is 2.38. The highest BCUT2D eigenvalue weighted by molar-refractivity contribution is 5.52. The number of anilines is 1. The lowest BCUT2D eigenvalue weighted by molar-refractivity contribution is 0.247. The number of hydrogen-bond donors (Lipinski definition) is 0. The Balaban J connectivity index is 2.19. The van der Waals surface area contributed by atoms with E-state index >= 15 is 0 Å². The normalized spacial score (nSPS) is 20.9. The van der Waals surface area contributed by atoms with E-state index in [0.717, 1.165) is 19.5 Å². The highest BCUT2D eigenvalue weighted by Crippen LogP contribution is 2.21. The van der Waals surface area contributed by atoms with Gasteiger partial charge in [-0.1, -0.05) is 0 Å². The van der Waals surface area contributed by atoms with Crippen LogP contribution in [0.2, 0.25) is 0 Å². The highest BCUT2D eigenvalue weighted by atomic mass is 15.3. The molecule has 1 aliphatic heterocycles. The summed E-state index contributed by atoms with van der Waals surface area (Å²) in [7, 11) is 4.12. The summed E-state index contributed by atoms with van der Waals surface area (Å²) in [6.45, 7) is 2.16. The van der Waals surface area contributed by atoms with Crippen molar-refractivity contribution in [1.82, 2.24) is 15.1 Å². The van der Waals surface area contributed by atoms with Crippen LogP contribution in [-0.2, 0) is 0 Å². The largest absolute Gasteiger partial charge is 0.353 e. The van der Waals surface area contributed by atoms with E-state index in [-0.39, 0.29) is 0 Å². The Kier molecular flexibility index (Phi) is 3.55. The monoisotopic (exact) mass is 231 g/mol. The van der Waals surface area contributed by atoms with Crippen LogP contribution in [0, 0.1) is 11.3 Å². The summed E-state index contributed by atoms with van der Waals surface area (Å²) in [5.41, 5.74) is 0.593. The standard InChI is InChI=1S/C12H17N5/c1-16-7-3-4-11(9-16)17(2)12-10(8-13)5-6-14-15-12/h5-6,11H,3-4,7,9H2,1-2H3. The molecule has 2 rings (SSSR count). The Bertz CT molecular complexity index is 425. The Labute approximate surface area is 102 Å². The maximum atomic E-state index is 9.06. The van der Waals surface area contributed by atoms with Crippen LogP contribution in [-0.4, -0.2) is 48.3 Å². The molecule has 0 N–H and O–H groups in total. The summed E-state index contributed by atoms with van der Waals surface area (Å²) in [5, 5.41) is 17.0. The van der Waals surface area contributed by atoms with Crippen LogP contribution in [0.25, 0.3) is 0 Å². The van der Waals surface area contributed by atoms with Crippen LogP contribution < -0.4 is 4.90 Å². The quantitative estimate of drug-likeness (QED) is 0.756. The highest BCUT2D eigenvalue weighted by Gasteiger charge is 2.23. The van der Waals surface area contributed by atoms with Gasteiger partial charge in [-0.2, -0.15) is 10.4 Å². The van der Waals surface area contributed by atoms with Gasteiger partial charge in [0.1, 0.15) is 6.07 Å². The van der Waals surface area contributed by atoms with E-state index < -0.39 is 0 Å². The lowest BCUT2D eigenvalue weighted by Crippen LogP contribution is -2.45. The van der Waals surface area contributed by atoms with Gasteiger partial charge in [0.2, 0.25) is 0 Å². The van der Waals surface area contributed by atoms with Crippen molar-refractivity contribution in [1.29, 1.82) is 5.26 Å². The van der Waals surface area contributed by atoms with Gasteiger partial charge in [0.05, 0.1) is 11.8 Å². The Hall–Kier alpha value is -1.67. The first-order valence-corrected chi connectivity index (χ1v) is 5.85. The molecule has 1 aromatic heterocycles. The van der Waals surface area contributed by atoms with Gasteiger partial charge in [-0.15, -0.1) is 5.10 Å². The fourth-order valence-electron chi connectivity index (χ4n) is 2.30. The predicted molar refractivity (Wildman–Crippen MR) is 65.7 cm³/mol. The molecule has 1 fully saturated rings. The van der Waals surface area contributed by atoms with E-state index in [2.05, 4.69) is 33.1 Å². The third-order valence-electron chi connectivity index (χ3n) is 3.30. The second-order valence-electron chi connectivity index (χ2n) is 4.55. The molecular formula is C12H17N5. The molecule has 1 unspecified atom stereocenters. The summed E-state index contributed by atoms with van der Waals surface area (Å²) in [5.74, 6) is 0.690.